The lowest BCUT2D eigenvalue weighted by molar-refractivity contribution is -0.118. The lowest BCUT2D eigenvalue weighted by Gasteiger charge is -2.21. The quantitative estimate of drug-likeness (QED) is 0.410. The van der Waals surface area contributed by atoms with Gasteiger partial charge in [-0.05, 0) is 43.9 Å². The van der Waals surface area contributed by atoms with E-state index in [1.54, 1.807) is 0 Å². The molecule has 0 saturated heterocycles. The van der Waals surface area contributed by atoms with E-state index in [1.807, 2.05) is 55.5 Å². The summed E-state index contributed by atoms with van der Waals surface area (Å²) < 4.78 is 8.35. The smallest absolute Gasteiger partial charge is 0.230 e. The summed E-state index contributed by atoms with van der Waals surface area (Å²) in [4.78, 5) is 12.3. The number of benzene rings is 2. The molecule has 1 unspecified atom stereocenters. The summed E-state index contributed by atoms with van der Waals surface area (Å²) in [7, 11) is 0. The molecule has 0 aliphatic rings. The van der Waals surface area contributed by atoms with Gasteiger partial charge in [0.05, 0.1) is 5.75 Å². The first-order valence-electron chi connectivity index (χ1n) is 11.0. The maximum absolute atomic E-state index is 12.3. The van der Waals surface area contributed by atoms with Crippen molar-refractivity contribution in [3.05, 3.63) is 71.5 Å². The molecule has 1 amide bonds. The van der Waals surface area contributed by atoms with Crippen LogP contribution in [0.5, 0.6) is 5.75 Å². The van der Waals surface area contributed by atoms with Crippen molar-refractivity contribution in [2.24, 2.45) is 0 Å². The third-order valence-corrected chi connectivity index (χ3v) is 6.02. The van der Waals surface area contributed by atoms with Crippen LogP contribution in [0.15, 0.2) is 59.8 Å². The van der Waals surface area contributed by atoms with Gasteiger partial charge in [0.1, 0.15) is 5.75 Å². The Balaban J connectivity index is 1.66. The number of nitrogens with zero attached hydrogens (tertiary/aromatic N) is 3. The molecule has 32 heavy (non-hydrogen) atoms. The molecule has 6 nitrogen and oxygen atoms in total. The lowest BCUT2D eigenvalue weighted by Crippen LogP contribution is -2.24. The zero-order valence-electron chi connectivity index (χ0n) is 19.4. The first-order chi connectivity index (χ1) is 15.4. The highest BCUT2D eigenvalue weighted by Gasteiger charge is 2.23. The molecular weight excluding hydrogens is 420 g/mol. The van der Waals surface area contributed by atoms with E-state index >= 15 is 0 Å². The van der Waals surface area contributed by atoms with Gasteiger partial charge in [-0.1, -0.05) is 74.1 Å². The summed E-state index contributed by atoms with van der Waals surface area (Å²) in [6.07, 6.45) is -0.272. The van der Waals surface area contributed by atoms with Gasteiger partial charge in [-0.25, -0.2) is 0 Å². The number of thioether (sulfide) groups is 1. The predicted molar refractivity (Wildman–Crippen MR) is 129 cm³/mol. The topological polar surface area (TPSA) is 69.0 Å². The third kappa shape index (κ3) is 6.13. The molecule has 1 atom stereocenters. The number of para-hydroxylation sites is 1. The average molecular weight is 453 g/mol. The van der Waals surface area contributed by atoms with Gasteiger partial charge in [-0.2, -0.15) is 0 Å². The maximum Gasteiger partial charge on any atom is 0.230 e. The summed E-state index contributed by atoms with van der Waals surface area (Å²) in [5, 5.41) is 12.5. The van der Waals surface area contributed by atoms with Gasteiger partial charge in [0.2, 0.25) is 5.91 Å². The minimum Gasteiger partial charge on any atom is -0.482 e. The van der Waals surface area contributed by atoms with Crippen LogP contribution in [0.1, 0.15) is 69.6 Å². The molecule has 0 radical (unpaired) electrons. The minimum atomic E-state index is -0.272. The minimum absolute atomic E-state index is 0.0335. The van der Waals surface area contributed by atoms with Gasteiger partial charge in [0.25, 0.3) is 0 Å². The van der Waals surface area contributed by atoms with E-state index in [2.05, 4.69) is 53.8 Å². The number of rotatable bonds is 10. The Morgan fingerprint density at radius 3 is 2.38 bits per heavy atom. The second-order valence-corrected chi connectivity index (χ2v) is 9.25. The van der Waals surface area contributed by atoms with Crippen LogP contribution >= 0.6 is 11.8 Å². The number of hydrogen-bond donors (Lipinski definition) is 1. The first kappa shape index (κ1) is 23.9. The van der Waals surface area contributed by atoms with Gasteiger partial charge in [0.15, 0.2) is 17.1 Å². The number of ether oxygens (including phenoxy) is 1. The lowest BCUT2D eigenvalue weighted by atomic mass is 10.0. The average Bonchev–Trinajstić information content (AvgIpc) is 3.22. The number of amides is 1. The van der Waals surface area contributed by atoms with Crippen molar-refractivity contribution < 1.29 is 9.53 Å². The Morgan fingerprint density at radius 2 is 1.69 bits per heavy atom. The molecule has 0 aliphatic heterocycles. The van der Waals surface area contributed by atoms with E-state index in [0.717, 1.165) is 22.3 Å². The molecule has 0 aliphatic carbocycles. The largest absolute Gasteiger partial charge is 0.482 e. The molecule has 1 heterocycles. The molecule has 0 bridgehead atoms. The molecule has 1 aromatic heterocycles. The molecule has 3 aromatic rings. The fourth-order valence-electron chi connectivity index (χ4n) is 3.43. The normalized spacial score (nSPS) is 12.2. The van der Waals surface area contributed by atoms with Gasteiger partial charge >= 0.3 is 0 Å². The van der Waals surface area contributed by atoms with E-state index < -0.39 is 0 Å². The van der Waals surface area contributed by atoms with E-state index in [1.165, 1.54) is 17.3 Å². The van der Waals surface area contributed by atoms with Crippen LogP contribution in [0.25, 0.3) is 0 Å². The Bertz CT molecular complexity index is 1020. The highest BCUT2D eigenvalue weighted by atomic mass is 32.2. The van der Waals surface area contributed by atoms with Crippen LogP contribution in [0.3, 0.4) is 0 Å². The van der Waals surface area contributed by atoms with Crippen LogP contribution < -0.4 is 10.1 Å². The Labute approximate surface area is 194 Å². The van der Waals surface area contributed by atoms with Gasteiger partial charge in [-0.3, -0.25) is 4.79 Å². The van der Waals surface area contributed by atoms with Crippen LogP contribution in [0.2, 0.25) is 0 Å². The first-order valence-corrected chi connectivity index (χ1v) is 12.0. The highest BCUT2D eigenvalue weighted by molar-refractivity contribution is 7.99. The van der Waals surface area contributed by atoms with Gasteiger partial charge < -0.3 is 14.6 Å². The van der Waals surface area contributed by atoms with E-state index in [4.69, 9.17) is 4.74 Å². The van der Waals surface area contributed by atoms with Crippen molar-refractivity contribution in [2.45, 2.75) is 64.4 Å². The van der Waals surface area contributed by atoms with Crippen molar-refractivity contribution in [2.75, 3.05) is 5.75 Å². The molecule has 1 N–H and O–H groups in total. The van der Waals surface area contributed by atoms with Crippen LogP contribution in [-0.4, -0.2) is 26.4 Å². The second-order valence-electron chi connectivity index (χ2n) is 8.31. The number of hydrogen-bond acceptors (Lipinski definition) is 5. The Morgan fingerprint density at radius 1 is 1.00 bits per heavy atom. The fraction of sp³-hybridized carbons (Fsp3) is 0.400. The molecule has 7 heteroatoms. The van der Waals surface area contributed by atoms with Crippen LogP contribution in [0, 0.1) is 0 Å². The molecule has 0 spiro atoms. The molecule has 170 valence electrons. The fourth-order valence-corrected chi connectivity index (χ4v) is 4.34. The molecular formula is C25H32N4O2S. The second kappa shape index (κ2) is 11.2. The Kier molecular flexibility index (Phi) is 8.33. The third-order valence-electron chi connectivity index (χ3n) is 5.08. The van der Waals surface area contributed by atoms with Crippen molar-refractivity contribution in [1.29, 1.82) is 0 Å². The standard InChI is InChI=1S/C25H32N4O2S/c1-17(2)21-13-9-10-14-22(21)31-19(5)24-27-28-25(29(24)18(3)4)32-16-23(30)26-15-20-11-7-6-8-12-20/h6-14,17-19H,15-16H2,1-5H3,(H,26,30). The van der Waals surface area contributed by atoms with Crippen molar-refractivity contribution in [3.63, 3.8) is 0 Å². The highest BCUT2D eigenvalue weighted by Crippen LogP contribution is 2.31. The van der Waals surface area contributed by atoms with Crippen molar-refractivity contribution in [3.8, 4) is 5.75 Å². The monoisotopic (exact) mass is 452 g/mol. The van der Waals surface area contributed by atoms with Crippen molar-refractivity contribution >= 4 is 17.7 Å². The van der Waals surface area contributed by atoms with Gasteiger partial charge in [-0.15, -0.1) is 10.2 Å². The zero-order chi connectivity index (χ0) is 23.1. The number of carbonyl (C=O) groups excluding carboxylic acids is 1. The SMILES string of the molecule is CC(C)c1ccccc1OC(C)c1nnc(SCC(=O)NCc2ccccc2)n1C(C)C. The van der Waals surface area contributed by atoms with E-state index in [9.17, 15) is 4.79 Å². The summed E-state index contributed by atoms with van der Waals surface area (Å²) in [6, 6.07) is 18.1. The molecule has 0 saturated carbocycles. The van der Waals surface area contributed by atoms with E-state index in [-0.39, 0.29) is 23.8 Å². The Hall–Kier alpha value is -2.80. The van der Waals surface area contributed by atoms with Gasteiger partial charge in [0, 0.05) is 12.6 Å². The maximum atomic E-state index is 12.3. The summed E-state index contributed by atoms with van der Waals surface area (Å²) in [5.74, 6) is 2.23. The number of nitrogens with one attached hydrogen (secondary N) is 1. The molecule has 0 fully saturated rings. The zero-order valence-corrected chi connectivity index (χ0v) is 20.2. The summed E-state index contributed by atoms with van der Waals surface area (Å²) in [5.41, 5.74) is 2.24. The summed E-state index contributed by atoms with van der Waals surface area (Å²) in [6.45, 7) is 11.0. The molecule has 2 aromatic carbocycles. The number of carbonyl (C=O) groups is 1. The van der Waals surface area contributed by atoms with Crippen molar-refractivity contribution in [1.82, 2.24) is 20.1 Å². The van der Waals surface area contributed by atoms with Crippen LogP contribution in [0.4, 0.5) is 0 Å². The predicted octanol–water partition coefficient (Wildman–Crippen LogP) is 5.53. The van der Waals surface area contributed by atoms with Crippen LogP contribution in [-0.2, 0) is 11.3 Å². The molecule has 3 rings (SSSR count). The van der Waals surface area contributed by atoms with E-state index in [0.29, 0.717) is 12.5 Å². The number of aromatic nitrogens is 3. The summed E-state index contributed by atoms with van der Waals surface area (Å²) >= 11 is 1.39.